The van der Waals surface area contributed by atoms with Crippen molar-refractivity contribution in [3.05, 3.63) is 35.9 Å². The second-order valence-electron chi connectivity index (χ2n) is 5.47. The molecule has 0 aliphatic heterocycles. The first-order valence-corrected chi connectivity index (χ1v) is 7.18. The highest BCUT2D eigenvalue weighted by Gasteiger charge is 2.63. The molecule has 1 aromatic carbocycles. The minimum Gasteiger partial charge on any atom is -0.467 e. The Balaban J connectivity index is 3.35. The molecular weight excluding hydrogens is 327 g/mol. The van der Waals surface area contributed by atoms with Crippen molar-refractivity contribution in [3.8, 4) is 0 Å². The molecule has 0 aliphatic rings. The summed E-state index contributed by atoms with van der Waals surface area (Å²) in [6, 6.07) is 5.29. The molecule has 1 unspecified atom stereocenters. The summed E-state index contributed by atoms with van der Waals surface area (Å²) < 4.78 is 50.4. The standard InChI is InChI=1S/C16H20F3NO4/c1-10(2)12(13(21)23-3)20-14(22)15(24-4,16(17,18)19)11-8-6-5-7-9-11/h5-10,12H,1-4H3,(H,20,22)/t12-,15?/m0/s1. The summed E-state index contributed by atoms with van der Waals surface area (Å²) in [5.41, 5.74) is -3.61. The molecule has 0 aliphatic carbocycles. The van der Waals surface area contributed by atoms with E-state index in [4.69, 9.17) is 0 Å². The van der Waals surface area contributed by atoms with Crippen LogP contribution in [-0.2, 0) is 24.7 Å². The van der Waals surface area contributed by atoms with Gasteiger partial charge < -0.3 is 14.8 Å². The van der Waals surface area contributed by atoms with Crippen molar-refractivity contribution in [1.29, 1.82) is 0 Å². The normalized spacial score (nSPS) is 15.5. The van der Waals surface area contributed by atoms with Gasteiger partial charge in [0, 0.05) is 12.7 Å². The third-order valence-corrected chi connectivity index (χ3v) is 3.61. The number of carbonyl (C=O) groups is 2. The summed E-state index contributed by atoms with van der Waals surface area (Å²) in [7, 11) is 1.89. The SMILES string of the molecule is COC(=O)[C@@H](NC(=O)C(OC)(c1ccccc1)C(F)(F)F)C(C)C. The number of hydrogen-bond acceptors (Lipinski definition) is 4. The first kappa shape index (κ1) is 20.0. The van der Waals surface area contributed by atoms with Crippen LogP contribution in [0.1, 0.15) is 19.4 Å². The van der Waals surface area contributed by atoms with E-state index in [0.717, 1.165) is 26.4 Å². The highest BCUT2D eigenvalue weighted by molar-refractivity contribution is 5.91. The summed E-state index contributed by atoms with van der Waals surface area (Å²) in [5.74, 6) is -2.79. The first-order chi connectivity index (χ1) is 11.1. The van der Waals surface area contributed by atoms with Crippen molar-refractivity contribution in [2.75, 3.05) is 14.2 Å². The van der Waals surface area contributed by atoms with E-state index in [1.54, 1.807) is 13.8 Å². The number of nitrogens with one attached hydrogen (secondary N) is 1. The lowest BCUT2D eigenvalue weighted by Gasteiger charge is -2.34. The quantitative estimate of drug-likeness (QED) is 0.803. The molecule has 0 radical (unpaired) electrons. The van der Waals surface area contributed by atoms with E-state index in [-0.39, 0.29) is 5.56 Å². The van der Waals surface area contributed by atoms with Gasteiger partial charge in [0.05, 0.1) is 7.11 Å². The molecule has 1 rings (SSSR count). The molecular formula is C16H20F3NO4. The number of halogens is 3. The monoisotopic (exact) mass is 347 g/mol. The van der Waals surface area contributed by atoms with Gasteiger partial charge in [0.15, 0.2) is 0 Å². The topological polar surface area (TPSA) is 64.6 Å². The van der Waals surface area contributed by atoms with Crippen molar-refractivity contribution in [2.24, 2.45) is 5.92 Å². The van der Waals surface area contributed by atoms with Crippen LogP contribution in [0.5, 0.6) is 0 Å². The molecule has 0 saturated carbocycles. The maximum Gasteiger partial charge on any atom is 0.430 e. The summed E-state index contributed by atoms with van der Waals surface area (Å²) in [4.78, 5) is 24.2. The van der Waals surface area contributed by atoms with Crippen molar-refractivity contribution in [1.82, 2.24) is 5.32 Å². The van der Waals surface area contributed by atoms with Crippen LogP contribution in [0.15, 0.2) is 30.3 Å². The Labute approximate surface area is 138 Å². The fourth-order valence-corrected chi connectivity index (χ4v) is 2.29. The van der Waals surface area contributed by atoms with Crippen LogP contribution < -0.4 is 5.32 Å². The van der Waals surface area contributed by atoms with Crippen molar-refractivity contribution < 1.29 is 32.2 Å². The van der Waals surface area contributed by atoms with Gasteiger partial charge in [0.2, 0.25) is 0 Å². The van der Waals surface area contributed by atoms with Crippen molar-refractivity contribution >= 4 is 11.9 Å². The summed E-state index contributed by atoms with van der Waals surface area (Å²) in [5, 5.41) is 2.11. The van der Waals surface area contributed by atoms with Gasteiger partial charge in [-0.25, -0.2) is 4.79 Å². The van der Waals surface area contributed by atoms with E-state index in [1.165, 1.54) is 18.2 Å². The average Bonchev–Trinajstić information content (AvgIpc) is 2.52. The number of alkyl halides is 3. The Morgan fingerprint density at radius 3 is 2.00 bits per heavy atom. The van der Waals surface area contributed by atoms with Gasteiger partial charge in [-0.15, -0.1) is 0 Å². The van der Waals surface area contributed by atoms with E-state index in [2.05, 4.69) is 14.8 Å². The second-order valence-corrected chi connectivity index (χ2v) is 5.47. The zero-order chi connectivity index (χ0) is 18.5. The lowest BCUT2D eigenvalue weighted by Crippen LogP contribution is -2.59. The van der Waals surface area contributed by atoms with Crippen molar-refractivity contribution in [3.63, 3.8) is 0 Å². The Kier molecular flexibility index (Phi) is 6.36. The zero-order valence-corrected chi connectivity index (χ0v) is 13.8. The number of methoxy groups -OCH3 is 2. The highest BCUT2D eigenvalue weighted by atomic mass is 19.4. The number of ether oxygens (including phenoxy) is 2. The van der Waals surface area contributed by atoms with Gasteiger partial charge in [0.1, 0.15) is 6.04 Å². The van der Waals surface area contributed by atoms with E-state index in [9.17, 15) is 22.8 Å². The second kappa shape index (κ2) is 7.65. The molecule has 134 valence electrons. The van der Waals surface area contributed by atoms with Gasteiger partial charge in [0.25, 0.3) is 11.5 Å². The van der Waals surface area contributed by atoms with Crippen LogP contribution in [0.2, 0.25) is 0 Å². The van der Waals surface area contributed by atoms with Gasteiger partial charge in [-0.1, -0.05) is 44.2 Å². The lowest BCUT2D eigenvalue weighted by molar-refractivity contribution is -0.266. The van der Waals surface area contributed by atoms with Crippen LogP contribution in [0.3, 0.4) is 0 Å². The number of carbonyl (C=O) groups excluding carboxylic acids is 2. The molecule has 0 saturated heterocycles. The van der Waals surface area contributed by atoms with Crippen LogP contribution in [0.25, 0.3) is 0 Å². The number of amides is 1. The molecule has 0 bridgehead atoms. The summed E-state index contributed by atoms with van der Waals surface area (Å²) in [6.45, 7) is 3.15. The first-order valence-electron chi connectivity index (χ1n) is 7.18. The average molecular weight is 347 g/mol. The number of rotatable bonds is 6. The molecule has 1 N–H and O–H groups in total. The summed E-state index contributed by atoms with van der Waals surface area (Å²) in [6.07, 6.45) is -5.04. The molecule has 0 aromatic heterocycles. The van der Waals surface area contributed by atoms with Gasteiger partial charge >= 0.3 is 12.1 Å². The molecule has 0 fully saturated rings. The minimum absolute atomic E-state index is 0.384. The maximum absolute atomic E-state index is 13.7. The molecule has 1 amide bonds. The Hall–Kier alpha value is -2.09. The molecule has 2 atom stereocenters. The Morgan fingerprint density at radius 1 is 1.08 bits per heavy atom. The highest BCUT2D eigenvalue weighted by Crippen LogP contribution is 2.42. The van der Waals surface area contributed by atoms with Crippen LogP contribution in [0, 0.1) is 5.92 Å². The van der Waals surface area contributed by atoms with E-state index in [1.807, 2.05) is 0 Å². The van der Waals surface area contributed by atoms with Crippen LogP contribution in [0.4, 0.5) is 13.2 Å². The van der Waals surface area contributed by atoms with Crippen LogP contribution in [-0.4, -0.2) is 38.3 Å². The number of hydrogen-bond donors (Lipinski definition) is 1. The zero-order valence-electron chi connectivity index (χ0n) is 13.8. The van der Waals surface area contributed by atoms with Crippen molar-refractivity contribution in [2.45, 2.75) is 31.7 Å². The van der Waals surface area contributed by atoms with Crippen LogP contribution >= 0.6 is 0 Å². The van der Waals surface area contributed by atoms with E-state index >= 15 is 0 Å². The molecule has 5 nitrogen and oxygen atoms in total. The smallest absolute Gasteiger partial charge is 0.430 e. The van der Waals surface area contributed by atoms with E-state index in [0.29, 0.717) is 0 Å². The molecule has 1 aromatic rings. The molecule has 0 heterocycles. The third kappa shape index (κ3) is 3.69. The Morgan fingerprint density at radius 2 is 1.62 bits per heavy atom. The molecule has 8 heteroatoms. The summed E-state index contributed by atoms with van der Waals surface area (Å²) >= 11 is 0. The Bertz CT molecular complexity index is 574. The third-order valence-electron chi connectivity index (χ3n) is 3.61. The predicted molar refractivity (Wildman–Crippen MR) is 80.0 cm³/mol. The van der Waals surface area contributed by atoms with Gasteiger partial charge in [-0.05, 0) is 5.92 Å². The van der Waals surface area contributed by atoms with Gasteiger partial charge in [-0.3, -0.25) is 4.79 Å². The maximum atomic E-state index is 13.7. The molecule has 0 spiro atoms. The number of benzene rings is 1. The largest absolute Gasteiger partial charge is 0.467 e. The minimum atomic E-state index is -5.04. The predicted octanol–water partition coefficient (Wildman–Crippen LogP) is 2.40. The molecule has 24 heavy (non-hydrogen) atoms. The fourth-order valence-electron chi connectivity index (χ4n) is 2.29. The number of esters is 1. The lowest BCUT2D eigenvalue weighted by atomic mass is 9.90. The van der Waals surface area contributed by atoms with Gasteiger partial charge in [-0.2, -0.15) is 13.2 Å². The fraction of sp³-hybridized carbons (Fsp3) is 0.500. The van der Waals surface area contributed by atoms with E-state index < -0.39 is 35.6 Å².